The lowest BCUT2D eigenvalue weighted by Crippen LogP contribution is -2.21. The predicted octanol–water partition coefficient (Wildman–Crippen LogP) is 4.70. The molecule has 0 aliphatic carbocycles. The van der Waals surface area contributed by atoms with Gasteiger partial charge in [0.15, 0.2) is 0 Å². The van der Waals surface area contributed by atoms with Crippen molar-refractivity contribution in [2.45, 2.75) is 46.1 Å². The van der Waals surface area contributed by atoms with Crippen molar-refractivity contribution in [3.8, 4) is 11.3 Å². The smallest absolute Gasteiger partial charge is 0.0650 e. The van der Waals surface area contributed by atoms with E-state index in [1.165, 1.54) is 24.1 Å². The second kappa shape index (κ2) is 7.13. The van der Waals surface area contributed by atoms with E-state index in [0.717, 1.165) is 18.0 Å². The van der Waals surface area contributed by atoms with Crippen LogP contribution in [0.3, 0.4) is 0 Å². The molecule has 108 valence electrons. The van der Waals surface area contributed by atoms with Gasteiger partial charge in [-0.25, -0.2) is 0 Å². The van der Waals surface area contributed by atoms with Crippen LogP contribution in [0.1, 0.15) is 40.0 Å². The van der Waals surface area contributed by atoms with Gasteiger partial charge in [-0.1, -0.05) is 39.3 Å². The first-order valence-corrected chi connectivity index (χ1v) is 7.59. The molecule has 1 heterocycles. The van der Waals surface area contributed by atoms with Gasteiger partial charge in [-0.3, -0.25) is 5.10 Å². The Labute approximate surface area is 121 Å². The molecule has 2 aromatic rings. The van der Waals surface area contributed by atoms with Crippen molar-refractivity contribution in [3.63, 3.8) is 0 Å². The molecule has 0 fully saturated rings. The molecule has 1 aromatic carbocycles. The van der Waals surface area contributed by atoms with Gasteiger partial charge in [0, 0.05) is 17.9 Å². The number of nitrogens with one attached hydrogen (secondary N) is 2. The molecular formula is C17H25N3. The zero-order valence-corrected chi connectivity index (χ0v) is 12.7. The number of aromatic amines is 1. The van der Waals surface area contributed by atoms with Crippen molar-refractivity contribution in [3.05, 3.63) is 36.5 Å². The standard InChI is InChI=1S/C17H25N3/c1-4-13(3)12-15(5-2)19-16-8-6-14(7-9-16)17-10-11-18-20-17/h6-11,13,15,19H,4-5,12H2,1-3H3,(H,18,20). The van der Waals surface area contributed by atoms with Crippen LogP contribution < -0.4 is 5.32 Å². The molecule has 0 saturated heterocycles. The normalized spacial score (nSPS) is 13.9. The maximum absolute atomic E-state index is 3.98. The first kappa shape index (κ1) is 14.6. The SMILES string of the molecule is CCC(C)CC(CC)Nc1ccc(-c2ccn[nH]2)cc1. The Bertz CT molecular complexity index is 487. The van der Waals surface area contributed by atoms with Crippen molar-refractivity contribution in [1.82, 2.24) is 10.2 Å². The Morgan fingerprint density at radius 1 is 1.10 bits per heavy atom. The summed E-state index contributed by atoms with van der Waals surface area (Å²) in [6.07, 6.45) is 5.42. The minimum absolute atomic E-state index is 0.558. The minimum Gasteiger partial charge on any atom is -0.382 e. The fourth-order valence-electron chi connectivity index (χ4n) is 2.38. The van der Waals surface area contributed by atoms with E-state index in [-0.39, 0.29) is 0 Å². The zero-order valence-electron chi connectivity index (χ0n) is 12.7. The van der Waals surface area contributed by atoms with Crippen LogP contribution in [0.15, 0.2) is 36.5 Å². The van der Waals surface area contributed by atoms with Crippen LogP contribution >= 0.6 is 0 Å². The summed E-state index contributed by atoms with van der Waals surface area (Å²) in [6, 6.07) is 11.1. The monoisotopic (exact) mass is 271 g/mol. The summed E-state index contributed by atoms with van der Waals surface area (Å²) >= 11 is 0. The third-order valence-corrected chi connectivity index (χ3v) is 3.94. The second-order valence-corrected chi connectivity index (χ2v) is 5.55. The number of anilines is 1. The summed E-state index contributed by atoms with van der Waals surface area (Å²) in [7, 11) is 0. The number of H-pyrrole nitrogens is 1. The number of nitrogens with zero attached hydrogens (tertiary/aromatic N) is 1. The molecule has 20 heavy (non-hydrogen) atoms. The summed E-state index contributed by atoms with van der Waals surface area (Å²) in [5, 5.41) is 10.6. The summed E-state index contributed by atoms with van der Waals surface area (Å²) in [4.78, 5) is 0. The summed E-state index contributed by atoms with van der Waals surface area (Å²) in [6.45, 7) is 6.83. The minimum atomic E-state index is 0.558. The highest BCUT2D eigenvalue weighted by Gasteiger charge is 2.10. The Kier molecular flexibility index (Phi) is 5.22. The molecular weight excluding hydrogens is 246 g/mol. The van der Waals surface area contributed by atoms with E-state index in [1.807, 2.05) is 6.07 Å². The molecule has 0 saturated carbocycles. The average Bonchev–Trinajstić information content (AvgIpc) is 3.01. The largest absolute Gasteiger partial charge is 0.382 e. The van der Waals surface area contributed by atoms with E-state index in [9.17, 15) is 0 Å². The number of hydrogen-bond acceptors (Lipinski definition) is 2. The topological polar surface area (TPSA) is 40.7 Å². The third kappa shape index (κ3) is 3.86. The van der Waals surface area contributed by atoms with E-state index in [0.29, 0.717) is 6.04 Å². The molecule has 2 unspecified atom stereocenters. The Balaban J connectivity index is 1.99. The van der Waals surface area contributed by atoms with Gasteiger partial charge in [0.1, 0.15) is 0 Å². The van der Waals surface area contributed by atoms with Crippen LogP contribution in [0.2, 0.25) is 0 Å². The molecule has 0 bridgehead atoms. The van der Waals surface area contributed by atoms with Crippen molar-refractivity contribution < 1.29 is 0 Å². The van der Waals surface area contributed by atoms with Crippen LogP contribution in [0.25, 0.3) is 11.3 Å². The molecule has 1 aromatic heterocycles. The number of benzene rings is 1. The highest BCUT2D eigenvalue weighted by molar-refractivity contribution is 5.62. The molecule has 0 spiro atoms. The van der Waals surface area contributed by atoms with Crippen LogP contribution in [0.4, 0.5) is 5.69 Å². The number of aromatic nitrogens is 2. The molecule has 2 N–H and O–H groups in total. The molecule has 0 aliphatic heterocycles. The molecule has 2 atom stereocenters. The third-order valence-electron chi connectivity index (χ3n) is 3.94. The van der Waals surface area contributed by atoms with Gasteiger partial charge < -0.3 is 5.32 Å². The lowest BCUT2D eigenvalue weighted by molar-refractivity contribution is 0.462. The maximum Gasteiger partial charge on any atom is 0.0650 e. The number of hydrogen-bond donors (Lipinski definition) is 2. The Morgan fingerprint density at radius 2 is 1.85 bits per heavy atom. The second-order valence-electron chi connectivity index (χ2n) is 5.55. The molecule has 3 nitrogen and oxygen atoms in total. The lowest BCUT2D eigenvalue weighted by atomic mass is 9.97. The quantitative estimate of drug-likeness (QED) is 0.766. The summed E-state index contributed by atoms with van der Waals surface area (Å²) < 4.78 is 0. The number of rotatable bonds is 7. The van der Waals surface area contributed by atoms with Crippen LogP contribution in [0.5, 0.6) is 0 Å². The van der Waals surface area contributed by atoms with Gasteiger partial charge in [0.25, 0.3) is 0 Å². The van der Waals surface area contributed by atoms with Gasteiger partial charge >= 0.3 is 0 Å². The highest BCUT2D eigenvalue weighted by Crippen LogP contribution is 2.21. The van der Waals surface area contributed by atoms with Gasteiger partial charge in [-0.15, -0.1) is 0 Å². The molecule has 2 rings (SSSR count). The van der Waals surface area contributed by atoms with Crippen LogP contribution in [-0.2, 0) is 0 Å². The van der Waals surface area contributed by atoms with Gasteiger partial charge in [-0.05, 0) is 42.5 Å². The van der Waals surface area contributed by atoms with E-state index in [1.54, 1.807) is 6.20 Å². The van der Waals surface area contributed by atoms with Crippen molar-refractivity contribution >= 4 is 5.69 Å². The van der Waals surface area contributed by atoms with Gasteiger partial charge in [0.2, 0.25) is 0 Å². The Morgan fingerprint density at radius 3 is 2.40 bits per heavy atom. The van der Waals surface area contributed by atoms with Crippen molar-refractivity contribution in [2.24, 2.45) is 5.92 Å². The van der Waals surface area contributed by atoms with E-state index < -0.39 is 0 Å². The van der Waals surface area contributed by atoms with Crippen LogP contribution in [0, 0.1) is 5.92 Å². The maximum atomic E-state index is 3.98. The van der Waals surface area contributed by atoms with E-state index >= 15 is 0 Å². The first-order valence-electron chi connectivity index (χ1n) is 7.59. The highest BCUT2D eigenvalue weighted by atomic mass is 15.1. The molecule has 3 heteroatoms. The molecule has 0 aliphatic rings. The zero-order chi connectivity index (χ0) is 14.4. The van der Waals surface area contributed by atoms with Gasteiger partial charge in [0.05, 0.1) is 5.69 Å². The van der Waals surface area contributed by atoms with Crippen LogP contribution in [-0.4, -0.2) is 16.2 Å². The van der Waals surface area contributed by atoms with Crippen molar-refractivity contribution in [2.75, 3.05) is 5.32 Å². The first-order chi connectivity index (χ1) is 9.72. The summed E-state index contributed by atoms with van der Waals surface area (Å²) in [5.74, 6) is 0.775. The van der Waals surface area contributed by atoms with E-state index in [2.05, 4.69) is 60.6 Å². The van der Waals surface area contributed by atoms with Crippen molar-refractivity contribution in [1.29, 1.82) is 0 Å². The van der Waals surface area contributed by atoms with Gasteiger partial charge in [-0.2, -0.15) is 5.10 Å². The Hall–Kier alpha value is -1.77. The molecule has 0 amide bonds. The fraction of sp³-hybridized carbons (Fsp3) is 0.471. The summed E-state index contributed by atoms with van der Waals surface area (Å²) in [5.41, 5.74) is 3.43. The average molecular weight is 271 g/mol. The van der Waals surface area contributed by atoms with E-state index in [4.69, 9.17) is 0 Å². The lowest BCUT2D eigenvalue weighted by Gasteiger charge is -2.21. The predicted molar refractivity (Wildman–Crippen MR) is 85.8 cm³/mol. The molecule has 0 radical (unpaired) electrons. The fourth-order valence-corrected chi connectivity index (χ4v) is 2.38.